The molecule has 1 heterocycles. The number of carbonyl (C=O) groups is 1. The van der Waals surface area contributed by atoms with Crippen molar-refractivity contribution in [1.29, 1.82) is 5.41 Å². The van der Waals surface area contributed by atoms with Gasteiger partial charge in [-0.25, -0.2) is 0 Å². The summed E-state index contributed by atoms with van der Waals surface area (Å²) >= 11 is 0. The second-order valence-electron chi connectivity index (χ2n) is 3.94. The summed E-state index contributed by atoms with van der Waals surface area (Å²) in [7, 11) is 0. The zero-order chi connectivity index (χ0) is 11.2. The zero-order valence-electron chi connectivity index (χ0n) is 8.79. The molecule has 4 heteroatoms. The van der Waals surface area contributed by atoms with Crippen molar-refractivity contribution < 1.29 is 4.79 Å². The summed E-state index contributed by atoms with van der Waals surface area (Å²) in [5.74, 6) is -0.893. The largest absolute Gasteiger partial charge is 0.369 e. The van der Waals surface area contributed by atoms with Gasteiger partial charge in [-0.2, -0.15) is 0 Å². The Labute approximate surface area is 88.0 Å². The van der Waals surface area contributed by atoms with Gasteiger partial charge in [-0.05, 0) is 31.4 Å². The predicted molar refractivity (Wildman–Crippen MR) is 56.9 cm³/mol. The van der Waals surface area contributed by atoms with Gasteiger partial charge in [0, 0.05) is 17.5 Å². The van der Waals surface area contributed by atoms with Gasteiger partial charge in [0.1, 0.15) is 0 Å². The Bertz CT molecular complexity index is 465. The van der Waals surface area contributed by atoms with E-state index < -0.39 is 11.8 Å². The van der Waals surface area contributed by atoms with E-state index in [2.05, 4.69) is 4.98 Å². The average molecular weight is 203 g/mol. The van der Waals surface area contributed by atoms with Gasteiger partial charge < -0.3 is 11.1 Å². The highest BCUT2D eigenvalue weighted by Crippen LogP contribution is 2.29. The van der Waals surface area contributed by atoms with Gasteiger partial charge >= 0.3 is 0 Å². The maximum Gasteiger partial charge on any atom is 0.226 e. The summed E-state index contributed by atoms with van der Waals surface area (Å²) in [6.07, 6.45) is 2.27. The summed E-state index contributed by atoms with van der Waals surface area (Å²) < 4.78 is 0. The Hall–Kier alpha value is -1.71. The number of pyridine rings is 1. The van der Waals surface area contributed by atoms with Crippen LogP contribution in [0.1, 0.15) is 22.4 Å². The molecule has 78 valence electrons. The molecule has 0 saturated carbocycles. The van der Waals surface area contributed by atoms with Crippen LogP contribution in [0.15, 0.2) is 6.20 Å². The molecule has 15 heavy (non-hydrogen) atoms. The average Bonchev–Trinajstić information content (AvgIpc) is 2.50. The van der Waals surface area contributed by atoms with Gasteiger partial charge in [0.25, 0.3) is 0 Å². The number of aryl methyl sites for hydroxylation is 1. The minimum atomic E-state index is -0.470. The van der Waals surface area contributed by atoms with Crippen molar-refractivity contribution in [3.05, 3.63) is 28.6 Å². The van der Waals surface area contributed by atoms with Crippen molar-refractivity contribution >= 4 is 11.6 Å². The molecule has 1 amide bonds. The molecule has 0 fully saturated rings. The van der Waals surface area contributed by atoms with Gasteiger partial charge in [0.15, 0.2) is 0 Å². The van der Waals surface area contributed by atoms with Crippen LogP contribution in [-0.2, 0) is 11.2 Å². The number of carbonyl (C=O) groups excluding carboxylic acids is 1. The predicted octanol–water partition coefficient (Wildman–Crippen LogP) is 0.724. The minimum Gasteiger partial charge on any atom is -0.369 e. The maximum absolute atomic E-state index is 11.1. The summed E-state index contributed by atoms with van der Waals surface area (Å²) in [5, 5.41) is 7.93. The third kappa shape index (κ3) is 1.33. The van der Waals surface area contributed by atoms with Crippen LogP contribution in [0.25, 0.3) is 0 Å². The topological polar surface area (TPSA) is 79.8 Å². The van der Waals surface area contributed by atoms with Crippen molar-refractivity contribution in [2.24, 2.45) is 11.7 Å². The fourth-order valence-electron chi connectivity index (χ4n) is 2.03. The van der Waals surface area contributed by atoms with Crippen molar-refractivity contribution in [3.8, 4) is 0 Å². The van der Waals surface area contributed by atoms with Crippen LogP contribution in [0.4, 0.5) is 0 Å². The lowest BCUT2D eigenvalue weighted by atomic mass is 10.0. The van der Waals surface area contributed by atoms with E-state index in [-0.39, 0.29) is 0 Å². The molecule has 2 rings (SSSR count). The number of fused-ring (bicyclic) bond motifs is 1. The first-order valence-electron chi connectivity index (χ1n) is 4.85. The van der Waals surface area contributed by atoms with E-state index in [1.54, 1.807) is 6.20 Å². The van der Waals surface area contributed by atoms with E-state index in [4.69, 9.17) is 11.1 Å². The van der Waals surface area contributed by atoms with Gasteiger partial charge in [-0.3, -0.25) is 9.78 Å². The molecule has 0 saturated heterocycles. The van der Waals surface area contributed by atoms with E-state index in [0.717, 1.165) is 22.4 Å². The van der Waals surface area contributed by atoms with Crippen molar-refractivity contribution in [3.63, 3.8) is 0 Å². The number of rotatable bonds is 1. The third-order valence-corrected chi connectivity index (χ3v) is 3.04. The summed E-state index contributed by atoms with van der Waals surface area (Å²) in [4.78, 5) is 15.4. The Kier molecular flexibility index (Phi) is 2.07. The second-order valence-corrected chi connectivity index (χ2v) is 3.94. The van der Waals surface area contributed by atoms with E-state index in [9.17, 15) is 4.79 Å². The van der Waals surface area contributed by atoms with Gasteiger partial charge in [0.05, 0.1) is 11.6 Å². The lowest BCUT2D eigenvalue weighted by Gasteiger charge is -2.07. The SMILES string of the molecule is Cc1ncc2c(c1C)C(=N)C(C(N)=O)C2. The number of hydrogen-bond acceptors (Lipinski definition) is 3. The Morgan fingerprint density at radius 1 is 1.60 bits per heavy atom. The zero-order valence-corrected chi connectivity index (χ0v) is 8.79. The maximum atomic E-state index is 11.1. The first-order valence-corrected chi connectivity index (χ1v) is 4.85. The summed E-state index contributed by atoms with van der Waals surface area (Å²) in [6, 6.07) is 0. The standard InChI is InChI=1S/C11H13N3O/c1-5-6(2)14-4-7-3-8(11(13)15)10(12)9(5)7/h4,8,12H,3H2,1-2H3,(H2,13,15). The Morgan fingerprint density at radius 2 is 2.27 bits per heavy atom. The molecular formula is C11H13N3O. The van der Waals surface area contributed by atoms with Crippen LogP contribution in [0, 0.1) is 25.2 Å². The molecule has 0 radical (unpaired) electrons. The Morgan fingerprint density at radius 3 is 2.87 bits per heavy atom. The quantitative estimate of drug-likeness (QED) is 0.705. The highest BCUT2D eigenvalue weighted by molar-refractivity contribution is 6.15. The molecule has 1 aromatic rings. The van der Waals surface area contributed by atoms with E-state index in [0.29, 0.717) is 12.1 Å². The lowest BCUT2D eigenvalue weighted by Crippen LogP contribution is -2.27. The van der Waals surface area contributed by atoms with Gasteiger partial charge in [-0.15, -0.1) is 0 Å². The lowest BCUT2D eigenvalue weighted by molar-refractivity contribution is -0.119. The minimum absolute atomic E-state index is 0.348. The van der Waals surface area contributed by atoms with Crippen molar-refractivity contribution in [1.82, 2.24) is 4.98 Å². The normalized spacial score (nSPS) is 19.1. The molecule has 0 spiro atoms. The molecule has 1 unspecified atom stereocenters. The molecular weight excluding hydrogens is 190 g/mol. The highest BCUT2D eigenvalue weighted by atomic mass is 16.1. The number of nitrogens with two attached hydrogens (primary N) is 1. The van der Waals surface area contributed by atoms with Crippen LogP contribution >= 0.6 is 0 Å². The number of aromatic nitrogens is 1. The molecule has 0 bridgehead atoms. The van der Waals surface area contributed by atoms with Crippen LogP contribution in [0.2, 0.25) is 0 Å². The van der Waals surface area contributed by atoms with Crippen molar-refractivity contribution in [2.75, 3.05) is 0 Å². The number of hydrogen-bond donors (Lipinski definition) is 2. The molecule has 1 aliphatic rings. The third-order valence-electron chi connectivity index (χ3n) is 3.04. The molecule has 1 aromatic heterocycles. The molecule has 1 atom stereocenters. The number of nitrogens with zero attached hydrogens (tertiary/aromatic N) is 1. The second kappa shape index (κ2) is 3.15. The molecule has 0 aliphatic heterocycles. The van der Waals surface area contributed by atoms with Gasteiger partial charge in [0.2, 0.25) is 5.91 Å². The molecule has 0 aromatic carbocycles. The monoisotopic (exact) mass is 203 g/mol. The molecule has 3 N–H and O–H groups in total. The van der Waals surface area contributed by atoms with E-state index >= 15 is 0 Å². The number of amides is 1. The molecule has 4 nitrogen and oxygen atoms in total. The van der Waals surface area contributed by atoms with E-state index in [1.807, 2.05) is 13.8 Å². The first-order chi connectivity index (χ1) is 7.02. The van der Waals surface area contributed by atoms with Crippen LogP contribution < -0.4 is 5.73 Å². The fraction of sp³-hybridized carbons (Fsp3) is 0.364. The summed E-state index contributed by atoms with van der Waals surface area (Å²) in [5.41, 5.74) is 9.33. The number of primary amides is 1. The molecule has 1 aliphatic carbocycles. The van der Waals surface area contributed by atoms with Crippen LogP contribution in [0.3, 0.4) is 0 Å². The smallest absolute Gasteiger partial charge is 0.226 e. The Balaban J connectivity index is 2.56. The number of nitrogens with one attached hydrogen (secondary N) is 1. The van der Waals surface area contributed by atoms with Crippen LogP contribution in [0.5, 0.6) is 0 Å². The van der Waals surface area contributed by atoms with Crippen molar-refractivity contribution in [2.45, 2.75) is 20.3 Å². The highest BCUT2D eigenvalue weighted by Gasteiger charge is 2.33. The van der Waals surface area contributed by atoms with Crippen LogP contribution in [-0.4, -0.2) is 16.6 Å². The van der Waals surface area contributed by atoms with Gasteiger partial charge in [-0.1, -0.05) is 0 Å². The summed E-state index contributed by atoms with van der Waals surface area (Å²) in [6.45, 7) is 3.83. The fourth-order valence-corrected chi connectivity index (χ4v) is 2.03. The van der Waals surface area contributed by atoms with E-state index in [1.165, 1.54) is 0 Å². The first kappa shape index (κ1) is 9.83.